The second-order valence-electron chi connectivity index (χ2n) is 5.79. The molecule has 0 aliphatic heterocycles. The van der Waals surface area contributed by atoms with E-state index in [1.165, 1.54) is 0 Å². The fourth-order valence-corrected chi connectivity index (χ4v) is 2.83. The van der Waals surface area contributed by atoms with E-state index in [1.807, 2.05) is 39.0 Å². The van der Waals surface area contributed by atoms with Gasteiger partial charge in [-0.3, -0.25) is 4.79 Å². The van der Waals surface area contributed by atoms with Gasteiger partial charge in [0.15, 0.2) is 0 Å². The topological polar surface area (TPSA) is 77.8 Å². The van der Waals surface area contributed by atoms with E-state index < -0.39 is 5.54 Å². The molecule has 1 amide bonds. The van der Waals surface area contributed by atoms with E-state index in [2.05, 4.69) is 21.7 Å². The highest BCUT2D eigenvalue weighted by molar-refractivity contribution is 7.18. The standard InChI is InChI=1S/C16H20N4OS/c1-10(2)16(4,9-17)20-15(21)8-18-12-5-6-13-14(7-12)22-11(3)19-13/h5-7,10,18H,8H2,1-4H3,(H,20,21). The summed E-state index contributed by atoms with van der Waals surface area (Å²) in [5.41, 5.74) is 0.987. The number of nitrogens with zero attached hydrogens (tertiary/aromatic N) is 2. The summed E-state index contributed by atoms with van der Waals surface area (Å²) < 4.78 is 1.09. The van der Waals surface area contributed by atoms with Crippen LogP contribution in [0.2, 0.25) is 0 Å². The maximum atomic E-state index is 12.0. The van der Waals surface area contributed by atoms with Gasteiger partial charge in [0.2, 0.25) is 5.91 Å². The molecule has 1 aromatic carbocycles. The lowest BCUT2D eigenvalue weighted by atomic mass is 9.90. The Labute approximate surface area is 134 Å². The predicted octanol–water partition coefficient (Wildman–Crippen LogP) is 3.07. The molecule has 0 spiro atoms. The molecule has 5 nitrogen and oxygen atoms in total. The van der Waals surface area contributed by atoms with E-state index in [0.717, 1.165) is 20.9 Å². The molecule has 0 bridgehead atoms. The minimum absolute atomic E-state index is 0.0398. The van der Waals surface area contributed by atoms with Gasteiger partial charge in [0.25, 0.3) is 0 Å². The monoisotopic (exact) mass is 316 g/mol. The summed E-state index contributed by atoms with van der Waals surface area (Å²) in [6.45, 7) is 7.67. The molecule has 1 heterocycles. The molecular formula is C16H20N4OS. The first kappa shape index (κ1) is 16.2. The SMILES string of the molecule is Cc1nc2ccc(NCC(=O)NC(C)(C#N)C(C)C)cc2s1. The van der Waals surface area contributed by atoms with Crippen LogP contribution in [0.25, 0.3) is 10.2 Å². The van der Waals surface area contributed by atoms with E-state index in [9.17, 15) is 10.1 Å². The van der Waals surface area contributed by atoms with Crippen molar-refractivity contribution in [2.24, 2.45) is 5.92 Å². The van der Waals surface area contributed by atoms with Gasteiger partial charge in [-0.2, -0.15) is 5.26 Å². The summed E-state index contributed by atoms with van der Waals surface area (Å²) >= 11 is 1.62. The van der Waals surface area contributed by atoms with Crippen molar-refractivity contribution in [2.75, 3.05) is 11.9 Å². The third-order valence-corrected chi connectivity index (χ3v) is 4.67. The molecule has 6 heteroatoms. The Morgan fingerprint density at radius 1 is 1.50 bits per heavy atom. The van der Waals surface area contributed by atoms with Gasteiger partial charge in [-0.25, -0.2) is 4.98 Å². The van der Waals surface area contributed by atoms with Crippen LogP contribution in [0.1, 0.15) is 25.8 Å². The van der Waals surface area contributed by atoms with Crippen molar-refractivity contribution < 1.29 is 4.79 Å². The highest BCUT2D eigenvalue weighted by atomic mass is 32.1. The lowest BCUT2D eigenvalue weighted by Gasteiger charge is -2.27. The number of nitrogens with one attached hydrogen (secondary N) is 2. The van der Waals surface area contributed by atoms with Crippen molar-refractivity contribution >= 4 is 33.1 Å². The van der Waals surface area contributed by atoms with Crippen LogP contribution in [0.5, 0.6) is 0 Å². The van der Waals surface area contributed by atoms with Crippen LogP contribution in [0, 0.1) is 24.2 Å². The average molecular weight is 316 g/mol. The van der Waals surface area contributed by atoms with E-state index in [4.69, 9.17) is 0 Å². The van der Waals surface area contributed by atoms with Crippen LogP contribution in [0.3, 0.4) is 0 Å². The number of carbonyl (C=O) groups excluding carboxylic acids is 1. The number of anilines is 1. The smallest absolute Gasteiger partial charge is 0.240 e. The van der Waals surface area contributed by atoms with Gasteiger partial charge in [-0.1, -0.05) is 13.8 Å². The van der Waals surface area contributed by atoms with Crippen LogP contribution in [-0.4, -0.2) is 23.0 Å². The first-order valence-electron chi connectivity index (χ1n) is 7.17. The number of fused-ring (bicyclic) bond motifs is 1. The van der Waals surface area contributed by atoms with Gasteiger partial charge in [-0.15, -0.1) is 11.3 Å². The molecule has 2 N–H and O–H groups in total. The summed E-state index contributed by atoms with van der Waals surface area (Å²) in [5.74, 6) is -0.156. The Balaban J connectivity index is 1.99. The molecule has 1 aromatic heterocycles. The van der Waals surface area contributed by atoms with Crippen molar-refractivity contribution in [1.82, 2.24) is 10.3 Å². The number of amides is 1. The van der Waals surface area contributed by atoms with Gasteiger partial charge in [-0.05, 0) is 38.0 Å². The van der Waals surface area contributed by atoms with Crippen molar-refractivity contribution in [3.63, 3.8) is 0 Å². The molecule has 0 saturated heterocycles. The van der Waals surface area contributed by atoms with Gasteiger partial charge in [0, 0.05) is 5.69 Å². The quantitative estimate of drug-likeness (QED) is 0.888. The summed E-state index contributed by atoms with van der Waals surface area (Å²) in [7, 11) is 0. The average Bonchev–Trinajstić information content (AvgIpc) is 2.84. The molecule has 0 fully saturated rings. The summed E-state index contributed by atoms with van der Waals surface area (Å²) in [6.07, 6.45) is 0. The third-order valence-electron chi connectivity index (χ3n) is 3.73. The fourth-order valence-electron chi connectivity index (χ4n) is 1.97. The first-order valence-corrected chi connectivity index (χ1v) is 7.99. The molecule has 0 saturated carbocycles. The van der Waals surface area contributed by atoms with Crippen LogP contribution >= 0.6 is 11.3 Å². The predicted molar refractivity (Wildman–Crippen MR) is 89.8 cm³/mol. The zero-order valence-electron chi connectivity index (χ0n) is 13.2. The number of rotatable bonds is 5. The van der Waals surface area contributed by atoms with Crippen LogP contribution < -0.4 is 10.6 Å². The molecule has 0 radical (unpaired) electrons. The summed E-state index contributed by atoms with van der Waals surface area (Å²) in [4.78, 5) is 16.4. The van der Waals surface area contributed by atoms with Gasteiger partial charge in [0.1, 0.15) is 5.54 Å². The number of nitriles is 1. The lowest BCUT2D eigenvalue weighted by Crippen LogP contribution is -2.50. The van der Waals surface area contributed by atoms with Crippen LogP contribution in [0.15, 0.2) is 18.2 Å². The Morgan fingerprint density at radius 3 is 2.86 bits per heavy atom. The Kier molecular flexibility index (Phi) is 4.67. The molecule has 1 unspecified atom stereocenters. The maximum Gasteiger partial charge on any atom is 0.240 e. The lowest BCUT2D eigenvalue weighted by molar-refractivity contribution is -0.121. The number of carbonyl (C=O) groups is 1. The number of hydrogen-bond acceptors (Lipinski definition) is 5. The molecule has 0 aliphatic carbocycles. The van der Waals surface area contributed by atoms with Crippen molar-refractivity contribution in [2.45, 2.75) is 33.2 Å². The zero-order valence-corrected chi connectivity index (χ0v) is 14.0. The van der Waals surface area contributed by atoms with E-state index in [0.29, 0.717) is 0 Å². The zero-order chi connectivity index (χ0) is 16.3. The second-order valence-corrected chi connectivity index (χ2v) is 7.02. The first-order chi connectivity index (χ1) is 10.3. The van der Waals surface area contributed by atoms with Gasteiger partial charge < -0.3 is 10.6 Å². The summed E-state index contributed by atoms with van der Waals surface area (Å²) in [5, 5.41) is 16.1. The number of thiazole rings is 1. The van der Waals surface area contributed by atoms with Crippen LogP contribution in [-0.2, 0) is 4.79 Å². The molecule has 2 aromatic rings. The number of hydrogen-bond donors (Lipinski definition) is 2. The number of aryl methyl sites for hydroxylation is 1. The fraction of sp³-hybridized carbons (Fsp3) is 0.438. The van der Waals surface area contributed by atoms with Crippen molar-refractivity contribution in [3.05, 3.63) is 23.2 Å². The van der Waals surface area contributed by atoms with Crippen molar-refractivity contribution in [3.8, 4) is 6.07 Å². The molecule has 2 rings (SSSR count). The largest absolute Gasteiger partial charge is 0.376 e. The second kappa shape index (κ2) is 6.32. The molecule has 0 aliphatic rings. The van der Waals surface area contributed by atoms with E-state index in [-0.39, 0.29) is 18.4 Å². The number of aromatic nitrogens is 1. The Bertz CT molecular complexity index is 731. The van der Waals surface area contributed by atoms with E-state index >= 15 is 0 Å². The maximum absolute atomic E-state index is 12.0. The number of benzene rings is 1. The summed E-state index contributed by atoms with van der Waals surface area (Å²) in [6, 6.07) is 7.99. The highest BCUT2D eigenvalue weighted by Gasteiger charge is 2.29. The third kappa shape index (κ3) is 3.55. The van der Waals surface area contributed by atoms with Gasteiger partial charge in [0.05, 0.1) is 27.8 Å². The molecule has 116 valence electrons. The minimum Gasteiger partial charge on any atom is -0.376 e. The molecular weight excluding hydrogens is 296 g/mol. The minimum atomic E-state index is -0.850. The highest BCUT2D eigenvalue weighted by Crippen LogP contribution is 2.24. The van der Waals surface area contributed by atoms with Crippen molar-refractivity contribution in [1.29, 1.82) is 5.26 Å². The Morgan fingerprint density at radius 2 is 2.23 bits per heavy atom. The van der Waals surface area contributed by atoms with Crippen LogP contribution in [0.4, 0.5) is 5.69 Å². The van der Waals surface area contributed by atoms with E-state index in [1.54, 1.807) is 18.3 Å². The normalized spacial score (nSPS) is 13.6. The van der Waals surface area contributed by atoms with Gasteiger partial charge >= 0.3 is 0 Å². The Hall–Kier alpha value is -2.13. The molecule has 1 atom stereocenters. The molecule has 22 heavy (non-hydrogen) atoms.